The van der Waals surface area contributed by atoms with Gasteiger partial charge in [-0.2, -0.15) is 10.1 Å². The van der Waals surface area contributed by atoms with Gasteiger partial charge in [0.25, 0.3) is 10.0 Å². The Hall–Kier alpha value is -2.98. The first-order valence-corrected chi connectivity index (χ1v) is 11.5. The maximum atomic E-state index is 12.8. The van der Waals surface area contributed by atoms with Crippen LogP contribution in [0.15, 0.2) is 53.7 Å². The molecule has 0 amide bonds. The van der Waals surface area contributed by atoms with Gasteiger partial charge in [0.2, 0.25) is 11.8 Å². The van der Waals surface area contributed by atoms with Gasteiger partial charge in [-0.15, -0.1) is 0 Å². The van der Waals surface area contributed by atoms with Gasteiger partial charge in [0.1, 0.15) is 10.6 Å². The van der Waals surface area contributed by atoms with Crippen LogP contribution in [0.2, 0.25) is 0 Å². The zero-order valence-corrected chi connectivity index (χ0v) is 18.5. The molecule has 3 heterocycles. The third kappa shape index (κ3) is 5.20. The van der Waals surface area contributed by atoms with E-state index in [0.29, 0.717) is 18.1 Å². The van der Waals surface area contributed by atoms with E-state index in [0.717, 1.165) is 12.8 Å². The van der Waals surface area contributed by atoms with Crippen molar-refractivity contribution in [3.05, 3.63) is 54.5 Å². The first-order valence-electron chi connectivity index (χ1n) is 9.97. The highest BCUT2D eigenvalue weighted by atomic mass is 32.2. The summed E-state index contributed by atoms with van der Waals surface area (Å²) in [4.78, 5) is 8.84. The van der Waals surface area contributed by atoms with Gasteiger partial charge in [-0.25, -0.2) is 18.1 Å². The lowest BCUT2D eigenvalue weighted by atomic mass is 9.86. The van der Waals surface area contributed by atoms with Crippen LogP contribution in [0.3, 0.4) is 0 Å². The number of para-hydroxylation sites is 1. The summed E-state index contributed by atoms with van der Waals surface area (Å²) in [5, 5.41) is 3.92. The number of hydrogen-bond acceptors (Lipinski definition) is 7. The van der Waals surface area contributed by atoms with Gasteiger partial charge in [0.15, 0.2) is 0 Å². The standard InChI is InChI=1S/C21H25N5O4S/c1-21(2)12-15(9-10-29-21)18-11-19(30-16-7-5-4-6-8-16)24-20(23-18)25-31(27,28)17-13-22-26(3)14-17/h4-8,11,13-15H,9-10,12H2,1-3H3,(H,23,24,25). The highest BCUT2D eigenvalue weighted by Crippen LogP contribution is 2.36. The molecular formula is C21H25N5O4S. The van der Waals surface area contributed by atoms with Gasteiger partial charge in [-0.1, -0.05) is 18.2 Å². The molecule has 1 aliphatic rings. The van der Waals surface area contributed by atoms with E-state index < -0.39 is 10.0 Å². The molecule has 0 aliphatic carbocycles. The molecule has 1 N–H and O–H groups in total. The Labute approximate surface area is 181 Å². The fraction of sp³-hybridized carbons (Fsp3) is 0.381. The Bertz CT molecular complexity index is 1160. The molecule has 164 valence electrons. The number of anilines is 1. The van der Waals surface area contributed by atoms with Crippen LogP contribution in [0.5, 0.6) is 11.6 Å². The molecule has 1 atom stereocenters. The molecule has 2 aromatic heterocycles. The maximum Gasteiger partial charge on any atom is 0.267 e. The molecule has 1 saturated heterocycles. The van der Waals surface area contributed by atoms with Crippen LogP contribution in [-0.2, 0) is 21.8 Å². The molecule has 0 saturated carbocycles. The summed E-state index contributed by atoms with van der Waals surface area (Å²) < 4.78 is 41.1. The number of nitrogens with one attached hydrogen (secondary N) is 1. The predicted molar refractivity (Wildman–Crippen MR) is 115 cm³/mol. The van der Waals surface area contributed by atoms with Crippen molar-refractivity contribution in [2.45, 2.75) is 43.1 Å². The van der Waals surface area contributed by atoms with Crippen LogP contribution >= 0.6 is 0 Å². The molecule has 0 bridgehead atoms. The molecule has 31 heavy (non-hydrogen) atoms. The van der Waals surface area contributed by atoms with E-state index >= 15 is 0 Å². The van der Waals surface area contributed by atoms with E-state index in [-0.39, 0.29) is 28.2 Å². The molecule has 0 radical (unpaired) electrons. The minimum atomic E-state index is -3.89. The van der Waals surface area contributed by atoms with Crippen molar-refractivity contribution in [3.63, 3.8) is 0 Å². The van der Waals surface area contributed by atoms with Crippen LogP contribution < -0.4 is 9.46 Å². The average Bonchev–Trinajstić information content (AvgIpc) is 3.15. The molecule has 3 aromatic rings. The lowest BCUT2D eigenvalue weighted by molar-refractivity contribution is -0.0598. The quantitative estimate of drug-likeness (QED) is 0.621. The van der Waals surface area contributed by atoms with Crippen molar-refractivity contribution in [1.82, 2.24) is 19.7 Å². The number of benzene rings is 1. The number of aryl methyl sites for hydroxylation is 1. The third-order valence-electron chi connectivity index (χ3n) is 5.02. The van der Waals surface area contributed by atoms with Crippen molar-refractivity contribution in [2.24, 2.45) is 7.05 Å². The van der Waals surface area contributed by atoms with Crippen LogP contribution in [0.25, 0.3) is 0 Å². The number of aromatic nitrogens is 4. The third-order valence-corrected chi connectivity index (χ3v) is 6.30. The highest BCUT2D eigenvalue weighted by molar-refractivity contribution is 7.92. The highest BCUT2D eigenvalue weighted by Gasteiger charge is 2.31. The number of nitrogens with zero attached hydrogens (tertiary/aromatic N) is 4. The normalized spacial score (nSPS) is 18.5. The van der Waals surface area contributed by atoms with E-state index in [9.17, 15) is 8.42 Å². The minimum absolute atomic E-state index is 0.0294. The first-order chi connectivity index (χ1) is 14.7. The van der Waals surface area contributed by atoms with Crippen molar-refractivity contribution in [2.75, 3.05) is 11.3 Å². The first kappa shape index (κ1) is 21.3. The molecule has 10 heteroatoms. The number of rotatable bonds is 6. The largest absolute Gasteiger partial charge is 0.439 e. The van der Waals surface area contributed by atoms with E-state index in [4.69, 9.17) is 9.47 Å². The smallest absolute Gasteiger partial charge is 0.267 e. The molecule has 4 rings (SSSR count). The molecule has 0 spiro atoms. The van der Waals surface area contributed by atoms with E-state index in [1.807, 2.05) is 32.0 Å². The van der Waals surface area contributed by atoms with Gasteiger partial charge in [-0.3, -0.25) is 4.68 Å². The lowest BCUT2D eigenvalue weighted by Crippen LogP contribution is -2.33. The fourth-order valence-electron chi connectivity index (χ4n) is 3.56. The van der Waals surface area contributed by atoms with Crippen molar-refractivity contribution in [1.29, 1.82) is 0 Å². The fourth-order valence-corrected chi connectivity index (χ4v) is 4.49. The van der Waals surface area contributed by atoms with E-state index in [2.05, 4.69) is 19.8 Å². The monoisotopic (exact) mass is 443 g/mol. The molecular weight excluding hydrogens is 418 g/mol. The van der Waals surface area contributed by atoms with Crippen LogP contribution in [0, 0.1) is 0 Å². The predicted octanol–water partition coefficient (Wildman–Crippen LogP) is 3.48. The zero-order chi connectivity index (χ0) is 22.1. The second-order valence-electron chi connectivity index (χ2n) is 8.12. The maximum absolute atomic E-state index is 12.8. The summed E-state index contributed by atoms with van der Waals surface area (Å²) in [6, 6.07) is 11.0. The molecule has 1 aromatic carbocycles. The average molecular weight is 444 g/mol. The van der Waals surface area contributed by atoms with Crippen molar-refractivity contribution in [3.8, 4) is 11.6 Å². The van der Waals surface area contributed by atoms with E-state index in [1.165, 1.54) is 17.1 Å². The number of sulfonamides is 1. The summed E-state index contributed by atoms with van der Waals surface area (Å²) >= 11 is 0. The Morgan fingerprint density at radius 2 is 2.00 bits per heavy atom. The number of ether oxygens (including phenoxy) is 2. The summed E-state index contributed by atoms with van der Waals surface area (Å²) in [6.45, 7) is 4.68. The van der Waals surface area contributed by atoms with Gasteiger partial charge in [0, 0.05) is 31.8 Å². The van der Waals surface area contributed by atoms with Crippen LogP contribution in [0.4, 0.5) is 5.95 Å². The lowest BCUT2D eigenvalue weighted by Gasteiger charge is -2.35. The number of hydrogen-bond donors (Lipinski definition) is 1. The van der Waals surface area contributed by atoms with Gasteiger partial charge < -0.3 is 9.47 Å². The van der Waals surface area contributed by atoms with E-state index in [1.54, 1.807) is 25.2 Å². The Morgan fingerprint density at radius 1 is 1.23 bits per heavy atom. The second kappa shape index (κ2) is 8.27. The topological polar surface area (TPSA) is 108 Å². The summed E-state index contributed by atoms with van der Waals surface area (Å²) in [5.74, 6) is 0.910. The van der Waals surface area contributed by atoms with Crippen molar-refractivity contribution >= 4 is 16.0 Å². The Morgan fingerprint density at radius 3 is 2.68 bits per heavy atom. The van der Waals surface area contributed by atoms with Gasteiger partial charge >= 0.3 is 0 Å². The summed E-state index contributed by atoms with van der Waals surface area (Å²) in [7, 11) is -2.24. The molecule has 1 fully saturated rings. The molecule has 1 unspecified atom stereocenters. The second-order valence-corrected chi connectivity index (χ2v) is 9.81. The zero-order valence-electron chi connectivity index (χ0n) is 17.6. The van der Waals surface area contributed by atoms with Crippen LogP contribution in [-0.4, -0.2) is 40.4 Å². The van der Waals surface area contributed by atoms with Crippen molar-refractivity contribution < 1.29 is 17.9 Å². The molecule has 9 nitrogen and oxygen atoms in total. The minimum Gasteiger partial charge on any atom is -0.439 e. The SMILES string of the molecule is Cn1cc(S(=O)(=O)Nc2nc(Oc3ccccc3)cc(C3CCOC(C)(C)C3)n2)cn1. The summed E-state index contributed by atoms with van der Waals surface area (Å²) in [6.07, 6.45) is 4.21. The summed E-state index contributed by atoms with van der Waals surface area (Å²) in [5.41, 5.74) is 0.421. The van der Waals surface area contributed by atoms with Crippen LogP contribution in [0.1, 0.15) is 38.3 Å². The molecule has 1 aliphatic heterocycles. The van der Waals surface area contributed by atoms with Gasteiger partial charge in [-0.05, 0) is 38.8 Å². The van der Waals surface area contributed by atoms with Gasteiger partial charge in [0.05, 0.1) is 17.5 Å². The Kier molecular flexibility index (Phi) is 5.67. The Balaban J connectivity index is 1.69.